The van der Waals surface area contributed by atoms with Crippen LogP contribution in [0.3, 0.4) is 0 Å². The summed E-state index contributed by atoms with van der Waals surface area (Å²) in [4.78, 5) is 13.5. The molecule has 10 heteroatoms. The van der Waals surface area contributed by atoms with Gasteiger partial charge in [0.2, 0.25) is 0 Å². The summed E-state index contributed by atoms with van der Waals surface area (Å²) < 4.78 is 63.1. The first-order valence-corrected chi connectivity index (χ1v) is 10.7. The van der Waals surface area contributed by atoms with E-state index in [4.69, 9.17) is 0 Å². The third-order valence-corrected chi connectivity index (χ3v) is 7.32. The zero-order chi connectivity index (χ0) is 20.8. The van der Waals surface area contributed by atoms with Crippen molar-refractivity contribution in [1.29, 1.82) is 0 Å². The molecule has 4 rings (SSSR count). The van der Waals surface area contributed by atoms with Crippen molar-refractivity contribution in [2.24, 2.45) is 5.92 Å². The van der Waals surface area contributed by atoms with Crippen molar-refractivity contribution in [2.75, 3.05) is 17.7 Å². The summed E-state index contributed by atoms with van der Waals surface area (Å²) in [6, 6.07) is 5.72. The van der Waals surface area contributed by atoms with Gasteiger partial charge in [0.15, 0.2) is 9.84 Å². The molecule has 2 heterocycles. The molecule has 3 aromatic rings. The largest absolute Gasteiger partial charge is 0.416 e. The number of benzene rings is 1. The van der Waals surface area contributed by atoms with Crippen LogP contribution in [0.15, 0.2) is 47.8 Å². The number of H-pyrrole nitrogens is 1. The Labute approximate surface area is 165 Å². The molecule has 0 atom stereocenters. The number of hydrogen-bond donors (Lipinski definition) is 1. The number of rotatable bonds is 5. The topological polar surface area (TPSA) is 79.0 Å². The Morgan fingerprint density at radius 2 is 1.83 bits per heavy atom. The van der Waals surface area contributed by atoms with E-state index in [0.29, 0.717) is 12.8 Å². The van der Waals surface area contributed by atoms with Gasteiger partial charge in [-0.25, -0.2) is 18.4 Å². The summed E-state index contributed by atoms with van der Waals surface area (Å²) in [5.74, 6) is 0.662. The normalized spacial score (nSPS) is 19.9. The molecule has 1 aromatic carbocycles. The van der Waals surface area contributed by atoms with Crippen LogP contribution < -0.4 is 4.90 Å². The molecular weight excluding hydrogens is 405 g/mol. The Morgan fingerprint density at radius 1 is 1.14 bits per heavy atom. The summed E-state index contributed by atoms with van der Waals surface area (Å²) in [7, 11) is -1.72. The fourth-order valence-electron chi connectivity index (χ4n) is 3.72. The van der Waals surface area contributed by atoms with Gasteiger partial charge < -0.3 is 9.88 Å². The second kappa shape index (κ2) is 7.01. The maximum atomic E-state index is 12.7. The highest BCUT2D eigenvalue weighted by Crippen LogP contribution is 2.37. The quantitative estimate of drug-likeness (QED) is 0.676. The standard InChI is InChI=1S/C19H19F3N4O2S/c1-26(18-16-6-7-23-17(16)24-11-25-18)14-8-12(9-14)10-29(27,28)15-4-2-13(3-5-15)19(20,21)22/h2-7,11-12,14H,8-10H2,1H3,(H,23,24,25)/t12-,14+. The van der Waals surface area contributed by atoms with E-state index in [1.54, 1.807) is 6.20 Å². The van der Waals surface area contributed by atoms with Gasteiger partial charge in [0, 0.05) is 19.3 Å². The lowest BCUT2D eigenvalue weighted by Gasteiger charge is -2.41. The molecule has 0 bridgehead atoms. The van der Waals surface area contributed by atoms with Crippen molar-refractivity contribution in [1.82, 2.24) is 15.0 Å². The number of anilines is 1. The highest BCUT2D eigenvalue weighted by molar-refractivity contribution is 7.91. The molecule has 0 unspecified atom stereocenters. The zero-order valence-electron chi connectivity index (χ0n) is 15.5. The molecule has 0 spiro atoms. The summed E-state index contributed by atoms with van der Waals surface area (Å²) >= 11 is 0. The molecule has 0 amide bonds. The van der Waals surface area contributed by atoms with Crippen molar-refractivity contribution in [2.45, 2.75) is 30.0 Å². The van der Waals surface area contributed by atoms with Gasteiger partial charge in [-0.1, -0.05) is 0 Å². The molecule has 0 saturated heterocycles. The SMILES string of the molecule is CN(c1ncnc2[nH]ccc12)[C@H]1C[C@@H](CS(=O)(=O)c2ccc(C(F)(F)F)cc2)C1. The van der Waals surface area contributed by atoms with Gasteiger partial charge in [-0.3, -0.25) is 0 Å². The number of nitrogens with zero attached hydrogens (tertiary/aromatic N) is 3. The van der Waals surface area contributed by atoms with Crippen LogP contribution in [0, 0.1) is 5.92 Å². The number of halogens is 3. The van der Waals surface area contributed by atoms with Gasteiger partial charge in [-0.15, -0.1) is 0 Å². The van der Waals surface area contributed by atoms with Crippen LogP contribution in [0.5, 0.6) is 0 Å². The predicted molar refractivity (Wildman–Crippen MR) is 102 cm³/mol. The average Bonchev–Trinajstić information content (AvgIpc) is 3.12. The molecule has 6 nitrogen and oxygen atoms in total. The molecule has 1 saturated carbocycles. The van der Waals surface area contributed by atoms with Gasteiger partial charge in [-0.05, 0) is 49.1 Å². The fraction of sp³-hybridized carbons (Fsp3) is 0.368. The third kappa shape index (κ3) is 3.81. The highest BCUT2D eigenvalue weighted by atomic mass is 32.2. The van der Waals surface area contributed by atoms with Crippen LogP contribution in [-0.2, 0) is 16.0 Å². The molecule has 2 aromatic heterocycles. The average molecular weight is 424 g/mol. The molecule has 1 aliphatic rings. The van der Waals surface area contributed by atoms with Crippen molar-refractivity contribution in [3.8, 4) is 0 Å². The number of nitrogens with one attached hydrogen (secondary N) is 1. The molecule has 1 fully saturated rings. The van der Waals surface area contributed by atoms with Crippen LogP contribution in [0.4, 0.5) is 19.0 Å². The first kappa shape index (κ1) is 19.7. The second-order valence-electron chi connectivity index (χ2n) is 7.34. The van der Waals surface area contributed by atoms with Crippen molar-refractivity contribution < 1.29 is 21.6 Å². The molecular formula is C19H19F3N4O2S. The smallest absolute Gasteiger partial charge is 0.356 e. The number of fused-ring (bicyclic) bond motifs is 1. The summed E-state index contributed by atoms with van der Waals surface area (Å²) in [5, 5.41) is 0.899. The fourth-order valence-corrected chi connectivity index (χ4v) is 5.36. The Bertz CT molecular complexity index is 1120. The molecule has 0 radical (unpaired) electrons. The first-order chi connectivity index (χ1) is 13.6. The van der Waals surface area contributed by atoms with Gasteiger partial charge >= 0.3 is 6.18 Å². The van der Waals surface area contributed by atoms with Crippen LogP contribution in [-0.4, -0.2) is 42.2 Å². The Hall–Kier alpha value is -2.62. The van der Waals surface area contributed by atoms with E-state index in [1.165, 1.54) is 6.33 Å². The van der Waals surface area contributed by atoms with Crippen molar-refractivity contribution in [3.63, 3.8) is 0 Å². The van der Waals surface area contributed by atoms with E-state index in [-0.39, 0.29) is 22.6 Å². The predicted octanol–water partition coefficient (Wildman–Crippen LogP) is 3.67. The summed E-state index contributed by atoms with van der Waals surface area (Å²) in [6.07, 6.45) is 0.130. The minimum absolute atomic E-state index is 0.0432. The Balaban J connectivity index is 1.40. The van der Waals surface area contributed by atoms with Crippen LogP contribution in [0.1, 0.15) is 18.4 Å². The van der Waals surface area contributed by atoms with E-state index in [2.05, 4.69) is 15.0 Å². The summed E-state index contributed by atoms with van der Waals surface area (Å²) in [5.41, 5.74) is -0.120. The van der Waals surface area contributed by atoms with E-state index < -0.39 is 21.6 Å². The van der Waals surface area contributed by atoms with E-state index in [0.717, 1.165) is 41.1 Å². The van der Waals surface area contributed by atoms with Gasteiger partial charge in [0.1, 0.15) is 17.8 Å². The minimum atomic E-state index is -4.49. The lowest BCUT2D eigenvalue weighted by molar-refractivity contribution is -0.137. The maximum Gasteiger partial charge on any atom is 0.416 e. The van der Waals surface area contributed by atoms with E-state index >= 15 is 0 Å². The maximum absolute atomic E-state index is 12.7. The molecule has 1 aliphatic carbocycles. The van der Waals surface area contributed by atoms with Gasteiger partial charge in [0.25, 0.3) is 0 Å². The van der Waals surface area contributed by atoms with Gasteiger partial charge in [0.05, 0.1) is 21.6 Å². The molecule has 29 heavy (non-hydrogen) atoms. The third-order valence-electron chi connectivity index (χ3n) is 5.42. The van der Waals surface area contributed by atoms with Crippen molar-refractivity contribution >= 4 is 26.7 Å². The van der Waals surface area contributed by atoms with Crippen LogP contribution >= 0.6 is 0 Å². The lowest BCUT2D eigenvalue weighted by Crippen LogP contribution is -2.45. The number of aromatic amines is 1. The second-order valence-corrected chi connectivity index (χ2v) is 9.38. The van der Waals surface area contributed by atoms with Gasteiger partial charge in [-0.2, -0.15) is 13.2 Å². The number of aromatic nitrogens is 3. The zero-order valence-corrected chi connectivity index (χ0v) is 16.3. The minimum Gasteiger partial charge on any atom is -0.356 e. The van der Waals surface area contributed by atoms with E-state index in [1.807, 2.05) is 18.0 Å². The van der Waals surface area contributed by atoms with Crippen molar-refractivity contribution in [3.05, 3.63) is 48.4 Å². The summed E-state index contributed by atoms with van der Waals surface area (Å²) in [6.45, 7) is 0. The monoisotopic (exact) mass is 424 g/mol. The van der Waals surface area contributed by atoms with Crippen LogP contribution in [0.2, 0.25) is 0 Å². The number of sulfone groups is 1. The number of hydrogen-bond acceptors (Lipinski definition) is 5. The molecule has 154 valence electrons. The lowest BCUT2D eigenvalue weighted by atomic mass is 9.81. The molecule has 0 aliphatic heterocycles. The molecule has 1 N–H and O–H groups in total. The first-order valence-electron chi connectivity index (χ1n) is 9.06. The number of alkyl halides is 3. The van der Waals surface area contributed by atoms with E-state index in [9.17, 15) is 21.6 Å². The Kier molecular flexibility index (Phi) is 4.76. The van der Waals surface area contributed by atoms with Crippen LogP contribution in [0.25, 0.3) is 11.0 Å². The Morgan fingerprint density at radius 3 is 2.48 bits per heavy atom. The highest BCUT2D eigenvalue weighted by Gasteiger charge is 2.37.